The van der Waals surface area contributed by atoms with Crippen LogP contribution in [0.4, 0.5) is 11.4 Å². The molecule has 0 amide bonds. The quantitative estimate of drug-likeness (QED) is 0.857. The van der Waals surface area contributed by atoms with E-state index in [-0.39, 0.29) is 0 Å². The van der Waals surface area contributed by atoms with E-state index in [0.717, 1.165) is 23.2 Å². The topological polar surface area (TPSA) is 29.3 Å². The molecule has 0 saturated carbocycles. The van der Waals surface area contributed by atoms with E-state index in [1.807, 2.05) is 6.07 Å². The van der Waals surface area contributed by atoms with Crippen molar-refractivity contribution in [3.05, 3.63) is 21.6 Å². The third kappa shape index (κ3) is 2.34. The molecule has 0 aromatic heterocycles. The van der Waals surface area contributed by atoms with Gasteiger partial charge in [-0.15, -0.1) is 0 Å². The maximum atomic E-state index is 6.14. The van der Waals surface area contributed by atoms with Crippen LogP contribution in [0.15, 0.2) is 16.6 Å². The van der Waals surface area contributed by atoms with Crippen molar-refractivity contribution >= 4 is 38.9 Å². The minimum Gasteiger partial charge on any atom is -0.399 e. The van der Waals surface area contributed by atoms with E-state index in [0.29, 0.717) is 10.7 Å². The SMILES string of the molecule is CCN(CC)c1c(Cl)cc(N)cc1Br. The van der Waals surface area contributed by atoms with Crippen LogP contribution in [0.1, 0.15) is 13.8 Å². The Morgan fingerprint density at radius 3 is 2.36 bits per heavy atom. The largest absolute Gasteiger partial charge is 0.399 e. The van der Waals surface area contributed by atoms with Crippen LogP contribution < -0.4 is 10.6 Å². The van der Waals surface area contributed by atoms with Crippen molar-refractivity contribution in [3.8, 4) is 0 Å². The highest BCUT2D eigenvalue weighted by Crippen LogP contribution is 2.35. The Hall–Kier alpha value is -0.410. The van der Waals surface area contributed by atoms with Crippen molar-refractivity contribution in [2.45, 2.75) is 13.8 Å². The van der Waals surface area contributed by atoms with Crippen molar-refractivity contribution in [1.82, 2.24) is 0 Å². The zero-order chi connectivity index (χ0) is 10.7. The van der Waals surface area contributed by atoms with E-state index in [2.05, 4.69) is 34.7 Å². The summed E-state index contributed by atoms with van der Waals surface area (Å²) >= 11 is 9.61. The third-order valence-corrected chi connectivity index (χ3v) is 3.01. The first-order valence-electron chi connectivity index (χ1n) is 4.59. The summed E-state index contributed by atoms with van der Waals surface area (Å²) in [5.41, 5.74) is 7.38. The molecule has 1 rings (SSSR count). The van der Waals surface area contributed by atoms with Crippen LogP contribution in [-0.2, 0) is 0 Å². The molecule has 0 fully saturated rings. The number of hydrogen-bond acceptors (Lipinski definition) is 2. The summed E-state index contributed by atoms with van der Waals surface area (Å²) in [6.07, 6.45) is 0. The van der Waals surface area contributed by atoms with E-state index < -0.39 is 0 Å². The van der Waals surface area contributed by atoms with Crippen molar-refractivity contribution in [1.29, 1.82) is 0 Å². The molecule has 0 aliphatic rings. The lowest BCUT2D eigenvalue weighted by Crippen LogP contribution is -2.22. The number of hydrogen-bond donors (Lipinski definition) is 1. The number of halogens is 2. The van der Waals surface area contributed by atoms with Crippen LogP contribution in [0, 0.1) is 0 Å². The van der Waals surface area contributed by atoms with E-state index in [1.54, 1.807) is 6.07 Å². The van der Waals surface area contributed by atoms with Gasteiger partial charge in [0, 0.05) is 23.2 Å². The van der Waals surface area contributed by atoms with Crippen LogP contribution in [0.25, 0.3) is 0 Å². The van der Waals surface area contributed by atoms with E-state index in [1.165, 1.54) is 0 Å². The molecule has 1 aromatic rings. The molecule has 0 saturated heterocycles. The van der Waals surface area contributed by atoms with Crippen molar-refractivity contribution in [2.24, 2.45) is 0 Å². The minimum atomic E-state index is 0.679. The molecule has 78 valence electrons. The Morgan fingerprint density at radius 2 is 1.93 bits per heavy atom. The first kappa shape index (κ1) is 11.7. The third-order valence-electron chi connectivity index (χ3n) is 2.12. The van der Waals surface area contributed by atoms with Gasteiger partial charge in [0.1, 0.15) is 0 Å². The number of nitrogens with zero attached hydrogens (tertiary/aromatic N) is 1. The van der Waals surface area contributed by atoms with Gasteiger partial charge in [0.15, 0.2) is 0 Å². The number of benzene rings is 1. The average molecular weight is 278 g/mol. The van der Waals surface area contributed by atoms with Crippen LogP contribution in [0.3, 0.4) is 0 Å². The molecular formula is C10H14BrClN2. The van der Waals surface area contributed by atoms with Gasteiger partial charge in [-0.2, -0.15) is 0 Å². The van der Waals surface area contributed by atoms with Gasteiger partial charge < -0.3 is 10.6 Å². The minimum absolute atomic E-state index is 0.679. The molecule has 2 N–H and O–H groups in total. The molecule has 0 heterocycles. The maximum Gasteiger partial charge on any atom is 0.0701 e. The molecule has 0 radical (unpaired) electrons. The second-order valence-corrected chi connectivity index (χ2v) is 4.27. The van der Waals surface area contributed by atoms with Gasteiger partial charge in [0.05, 0.1) is 10.7 Å². The fourth-order valence-electron chi connectivity index (χ4n) is 1.43. The number of rotatable bonds is 3. The Balaban J connectivity index is 3.19. The monoisotopic (exact) mass is 276 g/mol. The zero-order valence-electron chi connectivity index (χ0n) is 8.35. The maximum absolute atomic E-state index is 6.14. The molecule has 0 aliphatic carbocycles. The van der Waals surface area contributed by atoms with Crippen molar-refractivity contribution in [2.75, 3.05) is 23.7 Å². The summed E-state index contributed by atoms with van der Waals surface area (Å²) in [4.78, 5) is 2.19. The van der Waals surface area contributed by atoms with Gasteiger partial charge >= 0.3 is 0 Å². The lowest BCUT2D eigenvalue weighted by molar-refractivity contribution is 0.864. The molecule has 2 nitrogen and oxygen atoms in total. The van der Waals surface area contributed by atoms with E-state index in [4.69, 9.17) is 17.3 Å². The van der Waals surface area contributed by atoms with E-state index >= 15 is 0 Å². The second-order valence-electron chi connectivity index (χ2n) is 3.01. The van der Waals surface area contributed by atoms with Crippen LogP contribution in [0.2, 0.25) is 5.02 Å². The van der Waals surface area contributed by atoms with Gasteiger partial charge in [-0.05, 0) is 41.9 Å². The summed E-state index contributed by atoms with van der Waals surface area (Å²) in [7, 11) is 0. The highest BCUT2D eigenvalue weighted by molar-refractivity contribution is 9.10. The highest BCUT2D eigenvalue weighted by Gasteiger charge is 2.11. The summed E-state index contributed by atoms with van der Waals surface area (Å²) in [6.45, 7) is 6.06. The van der Waals surface area contributed by atoms with Gasteiger partial charge in [0.25, 0.3) is 0 Å². The van der Waals surface area contributed by atoms with Gasteiger partial charge in [-0.1, -0.05) is 11.6 Å². The molecular weight excluding hydrogens is 263 g/mol. The van der Waals surface area contributed by atoms with Crippen molar-refractivity contribution in [3.63, 3.8) is 0 Å². The summed E-state index contributed by atoms with van der Waals surface area (Å²) < 4.78 is 0.950. The Kier molecular flexibility index (Phi) is 4.08. The molecule has 0 unspecified atom stereocenters. The Labute approximate surface area is 98.2 Å². The molecule has 0 atom stereocenters. The first-order chi connectivity index (χ1) is 6.60. The molecule has 14 heavy (non-hydrogen) atoms. The van der Waals surface area contributed by atoms with Gasteiger partial charge in [-0.25, -0.2) is 0 Å². The normalized spacial score (nSPS) is 10.3. The smallest absolute Gasteiger partial charge is 0.0701 e. The van der Waals surface area contributed by atoms with Gasteiger partial charge in [0.2, 0.25) is 0 Å². The number of anilines is 2. The second kappa shape index (κ2) is 4.89. The Morgan fingerprint density at radius 1 is 1.36 bits per heavy atom. The standard InChI is InChI=1S/C10H14BrClN2/c1-3-14(4-2)10-8(11)5-7(13)6-9(10)12/h5-6H,3-4,13H2,1-2H3. The fraction of sp³-hybridized carbons (Fsp3) is 0.400. The molecule has 0 aliphatic heterocycles. The Bertz CT molecular complexity index is 301. The molecule has 0 spiro atoms. The summed E-state index contributed by atoms with van der Waals surface area (Å²) in [5, 5.41) is 0.695. The molecule has 1 aromatic carbocycles. The fourth-order valence-corrected chi connectivity index (χ4v) is 2.62. The predicted octanol–water partition coefficient (Wildman–Crippen LogP) is 3.53. The van der Waals surface area contributed by atoms with Crippen LogP contribution in [-0.4, -0.2) is 13.1 Å². The number of nitrogen functional groups attached to an aromatic ring is 1. The highest BCUT2D eigenvalue weighted by atomic mass is 79.9. The summed E-state index contributed by atoms with van der Waals surface area (Å²) in [6, 6.07) is 3.65. The first-order valence-corrected chi connectivity index (χ1v) is 5.76. The lowest BCUT2D eigenvalue weighted by Gasteiger charge is -2.23. The molecule has 4 heteroatoms. The van der Waals surface area contributed by atoms with Crippen molar-refractivity contribution < 1.29 is 0 Å². The lowest BCUT2D eigenvalue weighted by atomic mass is 10.2. The summed E-state index contributed by atoms with van der Waals surface area (Å²) in [5.74, 6) is 0. The van der Waals surface area contributed by atoms with Crippen LogP contribution >= 0.6 is 27.5 Å². The number of nitrogens with two attached hydrogens (primary N) is 1. The molecule has 0 bridgehead atoms. The van der Waals surface area contributed by atoms with E-state index in [9.17, 15) is 0 Å². The van der Waals surface area contributed by atoms with Gasteiger partial charge in [-0.3, -0.25) is 0 Å². The predicted molar refractivity (Wildman–Crippen MR) is 67.1 cm³/mol. The zero-order valence-corrected chi connectivity index (χ0v) is 10.7. The average Bonchev–Trinajstić information content (AvgIpc) is 2.10. The van der Waals surface area contributed by atoms with Crippen LogP contribution in [0.5, 0.6) is 0 Å².